The van der Waals surface area contributed by atoms with Gasteiger partial charge in [-0.1, -0.05) is 12.1 Å². The minimum absolute atomic E-state index is 0.194. The number of carbonyl (C=O) groups is 2. The number of nitrogen functional groups attached to an aromatic ring is 1. The molecule has 0 spiro atoms. The van der Waals surface area contributed by atoms with Crippen molar-refractivity contribution in [1.29, 1.82) is 0 Å². The maximum atomic E-state index is 12.5. The van der Waals surface area contributed by atoms with Gasteiger partial charge in [-0.15, -0.1) is 0 Å². The average molecular weight is 308 g/mol. The first-order chi connectivity index (χ1) is 9.99. The molecule has 1 aromatic carbocycles. The van der Waals surface area contributed by atoms with Gasteiger partial charge in [0.15, 0.2) is 0 Å². The van der Waals surface area contributed by atoms with Gasteiger partial charge in [-0.05, 0) is 49.0 Å². The molecule has 2 rings (SSSR count). The van der Waals surface area contributed by atoms with Gasteiger partial charge in [-0.25, -0.2) is 4.79 Å². The van der Waals surface area contributed by atoms with E-state index in [1.807, 2.05) is 18.4 Å². The van der Waals surface area contributed by atoms with E-state index in [-0.39, 0.29) is 5.91 Å². The summed E-state index contributed by atoms with van der Waals surface area (Å²) in [5, 5.41) is 11.9. The first kappa shape index (κ1) is 15.7. The number of aliphatic carboxylic acids is 1. The van der Waals surface area contributed by atoms with Gasteiger partial charge in [0.05, 0.1) is 5.41 Å². The summed E-state index contributed by atoms with van der Waals surface area (Å²) in [4.78, 5) is 23.7. The van der Waals surface area contributed by atoms with E-state index in [1.165, 1.54) is 0 Å². The molecule has 4 N–H and O–H groups in total. The van der Waals surface area contributed by atoms with Crippen LogP contribution in [0.25, 0.3) is 0 Å². The molecule has 1 amide bonds. The minimum Gasteiger partial charge on any atom is -0.480 e. The quantitative estimate of drug-likeness (QED) is 0.666. The predicted octanol–water partition coefficient (Wildman–Crippen LogP) is 1.62. The standard InChI is InChI=1S/C15H20N2O3S/c1-21-9-6-12(13(18)19)17-14(20)15(7-8-15)10-2-4-11(16)5-3-10/h2-5,12H,6-9,16H2,1H3,(H,17,20)(H,18,19). The van der Waals surface area contributed by atoms with Crippen molar-refractivity contribution < 1.29 is 14.7 Å². The van der Waals surface area contributed by atoms with Crippen molar-refractivity contribution in [1.82, 2.24) is 5.32 Å². The number of carboxylic acid groups (broad SMARTS) is 1. The third-order valence-electron chi connectivity index (χ3n) is 3.86. The van der Waals surface area contributed by atoms with Crippen molar-refractivity contribution in [3.63, 3.8) is 0 Å². The first-order valence-corrected chi connectivity index (χ1v) is 8.28. The van der Waals surface area contributed by atoms with Gasteiger partial charge < -0.3 is 16.2 Å². The molecule has 0 aliphatic heterocycles. The molecule has 0 saturated heterocycles. The summed E-state index contributed by atoms with van der Waals surface area (Å²) in [5.74, 6) is -0.474. The van der Waals surface area contributed by atoms with E-state index in [0.29, 0.717) is 17.9 Å². The molecular formula is C15H20N2O3S. The van der Waals surface area contributed by atoms with E-state index in [0.717, 1.165) is 18.4 Å². The van der Waals surface area contributed by atoms with E-state index in [1.54, 1.807) is 23.9 Å². The second-order valence-corrected chi connectivity index (χ2v) is 6.34. The Morgan fingerprint density at radius 2 is 2.00 bits per heavy atom. The van der Waals surface area contributed by atoms with Crippen LogP contribution in [-0.4, -0.2) is 35.0 Å². The van der Waals surface area contributed by atoms with Crippen LogP contribution in [0.2, 0.25) is 0 Å². The Labute approximate surface area is 128 Å². The molecule has 21 heavy (non-hydrogen) atoms. The molecule has 1 unspecified atom stereocenters. The SMILES string of the molecule is CSCCC(NC(=O)C1(c2ccc(N)cc2)CC1)C(=O)O. The molecule has 0 heterocycles. The lowest BCUT2D eigenvalue weighted by atomic mass is 9.94. The van der Waals surface area contributed by atoms with Crippen LogP contribution in [-0.2, 0) is 15.0 Å². The zero-order valence-electron chi connectivity index (χ0n) is 12.0. The second kappa shape index (κ2) is 6.39. The molecule has 5 nitrogen and oxygen atoms in total. The smallest absolute Gasteiger partial charge is 0.326 e. The van der Waals surface area contributed by atoms with Gasteiger partial charge in [0.1, 0.15) is 6.04 Å². The molecule has 1 aromatic rings. The lowest BCUT2D eigenvalue weighted by Gasteiger charge is -2.20. The van der Waals surface area contributed by atoms with Crippen LogP contribution in [0.15, 0.2) is 24.3 Å². The molecule has 1 saturated carbocycles. The number of nitrogens with two attached hydrogens (primary N) is 1. The summed E-state index contributed by atoms with van der Waals surface area (Å²) in [6.07, 6.45) is 3.84. The zero-order chi connectivity index (χ0) is 15.5. The van der Waals surface area contributed by atoms with Gasteiger partial charge in [0.25, 0.3) is 0 Å². The summed E-state index contributed by atoms with van der Waals surface area (Å²) in [5.41, 5.74) is 6.65. The van der Waals surface area contributed by atoms with Gasteiger partial charge in [-0.3, -0.25) is 4.79 Å². The molecule has 1 fully saturated rings. The second-order valence-electron chi connectivity index (χ2n) is 5.35. The number of rotatable bonds is 7. The van der Waals surface area contributed by atoms with Crippen LogP contribution in [0.1, 0.15) is 24.8 Å². The molecule has 1 atom stereocenters. The highest BCUT2D eigenvalue weighted by Gasteiger charge is 2.51. The Balaban J connectivity index is 2.08. The molecule has 1 aliphatic rings. The molecule has 1 aliphatic carbocycles. The van der Waals surface area contributed by atoms with Crippen molar-refractivity contribution in [3.05, 3.63) is 29.8 Å². The fraction of sp³-hybridized carbons (Fsp3) is 0.467. The average Bonchev–Trinajstić information content (AvgIpc) is 3.25. The summed E-state index contributed by atoms with van der Waals surface area (Å²) in [6.45, 7) is 0. The van der Waals surface area contributed by atoms with Crippen LogP contribution < -0.4 is 11.1 Å². The number of carbonyl (C=O) groups excluding carboxylic acids is 1. The fourth-order valence-corrected chi connectivity index (χ4v) is 2.83. The molecule has 0 bridgehead atoms. The number of anilines is 1. The summed E-state index contributed by atoms with van der Waals surface area (Å²) >= 11 is 1.57. The molecule has 0 aromatic heterocycles. The summed E-state index contributed by atoms with van der Waals surface area (Å²) < 4.78 is 0. The number of hydrogen-bond acceptors (Lipinski definition) is 4. The maximum absolute atomic E-state index is 12.5. The van der Waals surface area contributed by atoms with Gasteiger partial charge in [0.2, 0.25) is 5.91 Å². The topological polar surface area (TPSA) is 92.4 Å². The largest absolute Gasteiger partial charge is 0.480 e. The van der Waals surface area contributed by atoms with Crippen LogP contribution in [0, 0.1) is 0 Å². The monoisotopic (exact) mass is 308 g/mol. The van der Waals surface area contributed by atoms with Gasteiger partial charge in [0, 0.05) is 5.69 Å². The number of benzene rings is 1. The third kappa shape index (κ3) is 3.50. The lowest BCUT2D eigenvalue weighted by Crippen LogP contribution is -2.45. The van der Waals surface area contributed by atoms with Crippen molar-refractivity contribution in [2.75, 3.05) is 17.7 Å². The van der Waals surface area contributed by atoms with Crippen molar-refractivity contribution in [2.24, 2.45) is 0 Å². The summed E-state index contributed by atoms with van der Waals surface area (Å²) in [7, 11) is 0. The van der Waals surface area contributed by atoms with Crippen molar-refractivity contribution >= 4 is 29.3 Å². The van der Waals surface area contributed by atoms with E-state index in [9.17, 15) is 14.7 Å². The van der Waals surface area contributed by atoms with Crippen molar-refractivity contribution in [3.8, 4) is 0 Å². The highest BCUT2D eigenvalue weighted by molar-refractivity contribution is 7.98. The van der Waals surface area contributed by atoms with Crippen LogP contribution in [0.3, 0.4) is 0 Å². The van der Waals surface area contributed by atoms with Crippen LogP contribution in [0.4, 0.5) is 5.69 Å². The number of carboxylic acids is 1. The Morgan fingerprint density at radius 1 is 1.38 bits per heavy atom. The first-order valence-electron chi connectivity index (χ1n) is 6.88. The molecular weight excluding hydrogens is 288 g/mol. The van der Waals surface area contributed by atoms with E-state index >= 15 is 0 Å². The Kier molecular flexibility index (Phi) is 4.77. The van der Waals surface area contributed by atoms with Crippen molar-refractivity contribution in [2.45, 2.75) is 30.7 Å². The Bertz CT molecular complexity index is 526. The Hall–Kier alpha value is -1.69. The number of hydrogen-bond donors (Lipinski definition) is 3. The van der Waals surface area contributed by atoms with E-state index in [4.69, 9.17) is 5.73 Å². The highest BCUT2D eigenvalue weighted by Crippen LogP contribution is 2.48. The Morgan fingerprint density at radius 3 is 2.48 bits per heavy atom. The normalized spacial score (nSPS) is 17.0. The van der Waals surface area contributed by atoms with Gasteiger partial charge in [-0.2, -0.15) is 11.8 Å². The number of amides is 1. The van der Waals surface area contributed by atoms with Crippen LogP contribution >= 0.6 is 11.8 Å². The highest BCUT2D eigenvalue weighted by atomic mass is 32.2. The number of nitrogens with one attached hydrogen (secondary N) is 1. The molecule has 0 radical (unpaired) electrons. The van der Waals surface area contributed by atoms with Crippen LogP contribution in [0.5, 0.6) is 0 Å². The lowest BCUT2D eigenvalue weighted by molar-refractivity contribution is -0.142. The zero-order valence-corrected chi connectivity index (χ0v) is 12.8. The molecule has 6 heteroatoms. The number of thioether (sulfide) groups is 1. The fourth-order valence-electron chi connectivity index (χ4n) is 2.36. The summed E-state index contributed by atoms with van der Waals surface area (Å²) in [6, 6.07) is 6.41. The van der Waals surface area contributed by atoms with Gasteiger partial charge >= 0.3 is 5.97 Å². The van der Waals surface area contributed by atoms with E-state index < -0.39 is 17.4 Å². The van der Waals surface area contributed by atoms with E-state index in [2.05, 4.69) is 5.32 Å². The maximum Gasteiger partial charge on any atom is 0.326 e. The predicted molar refractivity (Wildman–Crippen MR) is 84.3 cm³/mol. The minimum atomic E-state index is -0.981. The molecule has 114 valence electrons. The third-order valence-corrected chi connectivity index (χ3v) is 4.51.